The van der Waals surface area contributed by atoms with Gasteiger partial charge < -0.3 is 10.1 Å². The summed E-state index contributed by atoms with van der Waals surface area (Å²) in [6, 6.07) is 0.958. The highest BCUT2D eigenvalue weighted by Crippen LogP contribution is 2.30. The van der Waals surface area contributed by atoms with Crippen LogP contribution in [-0.2, 0) is 4.74 Å². The highest BCUT2D eigenvalue weighted by molar-refractivity contribution is 5.53. The third kappa shape index (κ3) is 2.32. The van der Waals surface area contributed by atoms with Gasteiger partial charge in [0.25, 0.3) is 0 Å². The summed E-state index contributed by atoms with van der Waals surface area (Å²) < 4.78 is 7.38. The van der Waals surface area contributed by atoms with Crippen LogP contribution in [0.5, 0.6) is 0 Å². The van der Waals surface area contributed by atoms with E-state index < -0.39 is 0 Å². The van der Waals surface area contributed by atoms with Crippen molar-refractivity contribution in [2.24, 2.45) is 0 Å². The number of hydrogen-bond acceptors (Lipinski definition) is 3. The van der Waals surface area contributed by atoms with Gasteiger partial charge in [-0.05, 0) is 40.5 Å². The first kappa shape index (κ1) is 12.4. The Morgan fingerprint density at radius 2 is 2.00 bits per heavy atom. The van der Waals surface area contributed by atoms with Crippen LogP contribution in [0, 0.1) is 13.8 Å². The number of aromatic nitrogens is 2. The second-order valence-electron chi connectivity index (χ2n) is 5.25. The number of methoxy groups -OCH3 is 1. The van der Waals surface area contributed by atoms with Crippen LogP contribution in [0.2, 0.25) is 0 Å². The molecule has 17 heavy (non-hydrogen) atoms. The molecule has 1 saturated carbocycles. The van der Waals surface area contributed by atoms with Gasteiger partial charge in [0.1, 0.15) is 0 Å². The average molecular weight is 237 g/mol. The SMILES string of the molecule is COC1CC(Nc2c(C)nn(C(C)C)c2C)C1. The van der Waals surface area contributed by atoms with E-state index in [9.17, 15) is 0 Å². The highest BCUT2D eigenvalue weighted by Gasteiger charge is 2.30. The lowest BCUT2D eigenvalue weighted by atomic mass is 9.89. The normalized spacial score (nSPS) is 23.9. The third-order valence-corrected chi connectivity index (χ3v) is 3.59. The quantitative estimate of drug-likeness (QED) is 0.875. The second-order valence-corrected chi connectivity index (χ2v) is 5.25. The summed E-state index contributed by atoms with van der Waals surface area (Å²) in [7, 11) is 1.79. The van der Waals surface area contributed by atoms with E-state index in [1.807, 2.05) is 0 Å². The van der Waals surface area contributed by atoms with Crippen LogP contribution < -0.4 is 5.32 Å². The fraction of sp³-hybridized carbons (Fsp3) is 0.769. The molecule has 0 amide bonds. The standard InChI is InChI=1S/C13H23N3O/c1-8(2)16-10(4)13(9(3)15-16)14-11-6-12(7-11)17-5/h8,11-12,14H,6-7H2,1-5H3. The van der Waals surface area contributed by atoms with E-state index in [1.165, 1.54) is 11.4 Å². The van der Waals surface area contributed by atoms with Crippen molar-refractivity contribution in [3.05, 3.63) is 11.4 Å². The van der Waals surface area contributed by atoms with Crippen molar-refractivity contribution in [2.75, 3.05) is 12.4 Å². The van der Waals surface area contributed by atoms with Gasteiger partial charge in [-0.2, -0.15) is 5.10 Å². The van der Waals surface area contributed by atoms with Crippen LogP contribution in [0.15, 0.2) is 0 Å². The van der Waals surface area contributed by atoms with Crippen molar-refractivity contribution in [3.8, 4) is 0 Å². The van der Waals surface area contributed by atoms with E-state index >= 15 is 0 Å². The molecule has 0 bridgehead atoms. The lowest BCUT2D eigenvalue weighted by molar-refractivity contribution is 0.0328. The van der Waals surface area contributed by atoms with E-state index in [-0.39, 0.29) is 0 Å². The molecule has 1 N–H and O–H groups in total. The molecule has 0 unspecified atom stereocenters. The van der Waals surface area contributed by atoms with Crippen molar-refractivity contribution >= 4 is 5.69 Å². The summed E-state index contributed by atoms with van der Waals surface area (Å²) in [5, 5.41) is 8.17. The van der Waals surface area contributed by atoms with Gasteiger partial charge >= 0.3 is 0 Å². The molecular weight excluding hydrogens is 214 g/mol. The zero-order valence-electron chi connectivity index (χ0n) is 11.4. The average Bonchev–Trinajstić information content (AvgIpc) is 2.49. The summed E-state index contributed by atoms with van der Waals surface area (Å²) in [4.78, 5) is 0. The first-order chi connectivity index (χ1) is 8.02. The smallest absolute Gasteiger partial charge is 0.0828 e. The molecule has 4 nitrogen and oxygen atoms in total. The van der Waals surface area contributed by atoms with Crippen molar-refractivity contribution in [2.45, 2.75) is 58.7 Å². The largest absolute Gasteiger partial charge is 0.381 e. The zero-order chi connectivity index (χ0) is 12.6. The first-order valence-electron chi connectivity index (χ1n) is 6.38. The van der Waals surface area contributed by atoms with Crippen molar-refractivity contribution in [3.63, 3.8) is 0 Å². The summed E-state index contributed by atoms with van der Waals surface area (Å²) in [6.45, 7) is 8.52. The first-order valence-corrected chi connectivity index (χ1v) is 6.38. The van der Waals surface area contributed by atoms with Crippen LogP contribution in [-0.4, -0.2) is 29.0 Å². The van der Waals surface area contributed by atoms with Gasteiger partial charge in [-0.15, -0.1) is 0 Å². The van der Waals surface area contributed by atoms with Crippen molar-refractivity contribution < 1.29 is 4.74 Å². The minimum Gasteiger partial charge on any atom is -0.381 e. The molecule has 1 aromatic heterocycles. The number of hydrogen-bond donors (Lipinski definition) is 1. The predicted molar refractivity (Wildman–Crippen MR) is 69.5 cm³/mol. The van der Waals surface area contributed by atoms with Crippen molar-refractivity contribution in [1.29, 1.82) is 0 Å². The highest BCUT2D eigenvalue weighted by atomic mass is 16.5. The van der Waals surface area contributed by atoms with Crippen LogP contribution in [0.4, 0.5) is 5.69 Å². The molecule has 96 valence electrons. The van der Waals surface area contributed by atoms with Gasteiger partial charge in [0.15, 0.2) is 0 Å². The molecule has 0 atom stereocenters. The van der Waals surface area contributed by atoms with Crippen LogP contribution >= 0.6 is 0 Å². The third-order valence-electron chi connectivity index (χ3n) is 3.59. The monoisotopic (exact) mass is 237 g/mol. The Labute approximate surface area is 103 Å². The molecule has 0 radical (unpaired) electrons. The maximum Gasteiger partial charge on any atom is 0.0828 e. The van der Waals surface area contributed by atoms with E-state index in [4.69, 9.17) is 4.74 Å². The summed E-state index contributed by atoms with van der Waals surface area (Å²) in [6.07, 6.45) is 2.64. The van der Waals surface area contributed by atoms with Gasteiger partial charge in [-0.25, -0.2) is 0 Å². The van der Waals surface area contributed by atoms with E-state index in [1.54, 1.807) is 7.11 Å². The summed E-state index contributed by atoms with van der Waals surface area (Å²) >= 11 is 0. The van der Waals surface area contributed by atoms with Crippen molar-refractivity contribution in [1.82, 2.24) is 9.78 Å². The Balaban J connectivity index is 2.06. The number of rotatable bonds is 4. The molecule has 0 aliphatic heterocycles. The lowest BCUT2D eigenvalue weighted by Crippen LogP contribution is -2.40. The Morgan fingerprint density at radius 3 is 2.47 bits per heavy atom. The van der Waals surface area contributed by atoms with E-state index in [0.717, 1.165) is 18.5 Å². The molecule has 1 aliphatic rings. The second kappa shape index (κ2) is 4.69. The number of ether oxygens (including phenoxy) is 1. The molecule has 0 aromatic carbocycles. The molecule has 1 aromatic rings. The van der Waals surface area contributed by atoms with Crippen LogP contribution in [0.3, 0.4) is 0 Å². The van der Waals surface area contributed by atoms with Gasteiger partial charge in [0.2, 0.25) is 0 Å². The topological polar surface area (TPSA) is 39.1 Å². The lowest BCUT2D eigenvalue weighted by Gasteiger charge is -2.35. The van der Waals surface area contributed by atoms with Gasteiger partial charge in [0.05, 0.1) is 23.2 Å². The van der Waals surface area contributed by atoms with Crippen LogP contribution in [0.1, 0.15) is 44.1 Å². The predicted octanol–water partition coefficient (Wildman–Crippen LogP) is 2.67. The number of nitrogens with one attached hydrogen (secondary N) is 1. The minimum absolute atomic E-state index is 0.414. The Kier molecular flexibility index (Phi) is 3.43. The molecule has 4 heteroatoms. The zero-order valence-corrected chi connectivity index (χ0v) is 11.4. The minimum atomic E-state index is 0.414. The number of aryl methyl sites for hydroxylation is 1. The maximum atomic E-state index is 5.30. The van der Waals surface area contributed by atoms with E-state index in [0.29, 0.717) is 18.2 Å². The Morgan fingerprint density at radius 1 is 1.35 bits per heavy atom. The number of nitrogens with zero attached hydrogens (tertiary/aromatic N) is 2. The number of anilines is 1. The molecule has 1 fully saturated rings. The van der Waals surface area contributed by atoms with Gasteiger partial charge in [0, 0.05) is 19.2 Å². The summed E-state index contributed by atoms with van der Waals surface area (Å²) in [5.74, 6) is 0. The summed E-state index contributed by atoms with van der Waals surface area (Å²) in [5.41, 5.74) is 3.54. The van der Waals surface area contributed by atoms with Gasteiger partial charge in [-0.1, -0.05) is 0 Å². The maximum absolute atomic E-state index is 5.30. The van der Waals surface area contributed by atoms with E-state index in [2.05, 4.69) is 42.8 Å². The molecule has 0 spiro atoms. The Bertz CT molecular complexity index is 392. The molecule has 2 rings (SSSR count). The fourth-order valence-corrected chi connectivity index (χ4v) is 2.45. The van der Waals surface area contributed by atoms with Crippen LogP contribution in [0.25, 0.3) is 0 Å². The Hall–Kier alpha value is -1.03. The molecular formula is C13H23N3O. The van der Waals surface area contributed by atoms with Gasteiger partial charge in [-0.3, -0.25) is 4.68 Å². The molecule has 1 heterocycles. The molecule has 1 aliphatic carbocycles. The fourth-order valence-electron chi connectivity index (χ4n) is 2.45. The molecule has 0 saturated heterocycles.